The Labute approximate surface area is 68.7 Å². The van der Waals surface area contributed by atoms with Crippen molar-refractivity contribution in [2.75, 3.05) is 0 Å². The van der Waals surface area contributed by atoms with Gasteiger partial charge in [-0.05, 0) is 26.2 Å². The molecule has 1 aliphatic rings. The lowest BCUT2D eigenvalue weighted by Gasteiger charge is -2.29. The first-order valence-electron chi connectivity index (χ1n) is 3.45. The number of halogens is 1. The Kier molecular flexibility index (Phi) is 2.15. The van der Waals surface area contributed by atoms with Crippen LogP contribution in [0.1, 0.15) is 26.2 Å². The second-order valence-corrected chi connectivity index (χ2v) is 4.10. The van der Waals surface area contributed by atoms with Gasteiger partial charge in [-0.3, -0.25) is 4.79 Å². The molecule has 0 heterocycles. The fraction of sp³-hybridized carbons (Fsp3) is 0.857. The number of hydrogen-bond acceptors (Lipinski definition) is 2. The average molecular weight is 207 g/mol. The van der Waals surface area contributed by atoms with Crippen LogP contribution in [0.4, 0.5) is 0 Å². The zero-order chi connectivity index (χ0) is 7.78. The van der Waals surface area contributed by atoms with Crippen LogP contribution in [-0.4, -0.2) is 21.3 Å². The highest BCUT2D eigenvalue weighted by molar-refractivity contribution is 9.10. The van der Waals surface area contributed by atoms with Crippen molar-refractivity contribution in [2.45, 2.75) is 36.6 Å². The molecule has 3 heteroatoms. The van der Waals surface area contributed by atoms with E-state index in [1.165, 1.54) is 0 Å². The number of aliphatic hydroxyl groups is 1. The van der Waals surface area contributed by atoms with Gasteiger partial charge < -0.3 is 5.11 Å². The minimum atomic E-state index is -1.08. The number of Topliss-reactive ketones (excluding diaryl/α,β-unsaturated/α-hetero) is 1. The Morgan fingerprint density at radius 3 is 2.80 bits per heavy atom. The Balaban J connectivity index is 2.70. The van der Waals surface area contributed by atoms with Gasteiger partial charge in [-0.15, -0.1) is 0 Å². The monoisotopic (exact) mass is 206 g/mol. The molecule has 0 unspecified atom stereocenters. The first-order valence-corrected chi connectivity index (χ1v) is 4.36. The summed E-state index contributed by atoms with van der Waals surface area (Å²) in [6, 6.07) is 0. The van der Waals surface area contributed by atoms with Crippen LogP contribution in [0.25, 0.3) is 0 Å². The molecule has 0 aromatic heterocycles. The van der Waals surface area contributed by atoms with Crippen molar-refractivity contribution in [3.63, 3.8) is 0 Å². The first kappa shape index (κ1) is 8.21. The van der Waals surface area contributed by atoms with Crippen molar-refractivity contribution < 1.29 is 9.90 Å². The van der Waals surface area contributed by atoms with E-state index in [9.17, 15) is 9.90 Å². The summed E-state index contributed by atoms with van der Waals surface area (Å²) in [5, 5.41) is 9.43. The van der Waals surface area contributed by atoms with Crippen molar-refractivity contribution >= 4 is 21.7 Å². The second-order valence-electron chi connectivity index (χ2n) is 3.00. The van der Waals surface area contributed by atoms with Gasteiger partial charge in [-0.25, -0.2) is 0 Å². The third-order valence-electron chi connectivity index (χ3n) is 1.94. The van der Waals surface area contributed by atoms with Crippen LogP contribution in [0.5, 0.6) is 0 Å². The maximum absolute atomic E-state index is 11.1. The molecule has 0 aromatic rings. The Bertz CT molecular complexity index is 154. The predicted octanol–water partition coefficient (Wildman–Crippen LogP) is 1.25. The standard InChI is InChI=1S/C7H11BrO2/c1-7(10)4-2-3-5(8)6(7)9/h5,10H,2-4H2,1H3/t5-,7+/m1/s1. The number of alkyl halides is 1. The molecule has 0 radical (unpaired) electrons. The zero-order valence-corrected chi connectivity index (χ0v) is 7.52. The van der Waals surface area contributed by atoms with Gasteiger partial charge >= 0.3 is 0 Å². The van der Waals surface area contributed by atoms with Gasteiger partial charge in [0.25, 0.3) is 0 Å². The highest BCUT2D eigenvalue weighted by atomic mass is 79.9. The molecule has 10 heavy (non-hydrogen) atoms. The van der Waals surface area contributed by atoms with Gasteiger partial charge in [-0.1, -0.05) is 15.9 Å². The molecule has 0 aliphatic heterocycles. The van der Waals surface area contributed by atoms with Gasteiger partial charge in [-0.2, -0.15) is 0 Å². The summed E-state index contributed by atoms with van der Waals surface area (Å²) in [6.45, 7) is 1.59. The lowest BCUT2D eigenvalue weighted by atomic mass is 9.85. The maximum Gasteiger partial charge on any atom is 0.177 e. The van der Waals surface area contributed by atoms with Gasteiger partial charge in [0.15, 0.2) is 5.78 Å². The summed E-state index contributed by atoms with van der Waals surface area (Å²) in [4.78, 5) is 11.0. The Morgan fingerprint density at radius 1 is 1.80 bits per heavy atom. The Morgan fingerprint density at radius 2 is 2.40 bits per heavy atom. The van der Waals surface area contributed by atoms with E-state index in [1.807, 2.05) is 0 Å². The summed E-state index contributed by atoms with van der Waals surface area (Å²) in [5.41, 5.74) is -1.08. The first-order chi connectivity index (χ1) is 4.54. The largest absolute Gasteiger partial charge is 0.382 e. The molecule has 0 spiro atoms. The fourth-order valence-electron chi connectivity index (χ4n) is 1.22. The lowest BCUT2D eigenvalue weighted by molar-refractivity contribution is -0.138. The summed E-state index contributed by atoms with van der Waals surface area (Å²) >= 11 is 3.22. The van der Waals surface area contributed by atoms with E-state index >= 15 is 0 Å². The molecule has 1 rings (SSSR count). The highest BCUT2D eigenvalue weighted by Gasteiger charge is 2.37. The summed E-state index contributed by atoms with van der Waals surface area (Å²) in [6.07, 6.45) is 2.39. The van der Waals surface area contributed by atoms with Gasteiger partial charge in [0.05, 0.1) is 4.83 Å². The molecular formula is C7H11BrO2. The topological polar surface area (TPSA) is 37.3 Å². The molecule has 0 saturated heterocycles. The molecule has 1 N–H and O–H groups in total. The quantitative estimate of drug-likeness (QED) is 0.607. The van der Waals surface area contributed by atoms with Gasteiger partial charge in [0.1, 0.15) is 5.60 Å². The molecule has 2 atom stereocenters. The molecule has 58 valence electrons. The predicted molar refractivity (Wildman–Crippen MR) is 42.2 cm³/mol. The van der Waals surface area contributed by atoms with Gasteiger partial charge in [0, 0.05) is 0 Å². The van der Waals surface area contributed by atoms with E-state index < -0.39 is 5.60 Å². The minimum Gasteiger partial charge on any atom is -0.382 e. The van der Waals surface area contributed by atoms with Crippen LogP contribution in [-0.2, 0) is 4.79 Å². The molecule has 0 amide bonds. The lowest BCUT2D eigenvalue weighted by Crippen LogP contribution is -2.43. The fourth-order valence-corrected chi connectivity index (χ4v) is 2.03. The van der Waals surface area contributed by atoms with E-state index in [4.69, 9.17) is 0 Å². The van der Waals surface area contributed by atoms with Crippen molar-refractivity contribution in [3.8, 4) is 0 Å². The number of ketones is 1. The van der Waals surface area contributed by atoms with Crippen molar-refractivity contribution in [3.05, 3.63) is 0 Å². The van der Waals surface area contributed by atoms with E-state index in [1.54, 1.807) is 6.92 Å². The molecule has 0 aromatic carbocycles. The smallest absolute Gasteiger partial charge is 0.177 e. The summed E-state index contributed by atoms with van der Waals surface area (Å²) < 4.78 is 0. The minimum absolute atomic E-state index is 0.0706. The highest BCUT2D eigenvalue weighted by Crippen LogP contribution is 2.28. The molecule has 2 nitrogen and oxygen atoms in total. The van der Waals surface area contributed by atoms with Crippen LogP contribution in [0, 0.1) is 0 Å². The van der Waals surface area contributed by atoms with Crippen molar-refractivity contribution in [1.82, 2.24) is 0 Å². The van der Waals surface area contributed by atoms with E-state index in [2.05, 4.69) is 15.9 Å². The van der Waals surface area contributed by atoms with Crippen LogP contribution >= 0.6 is 15.9 Å². The van der Waals surface area contributed by atoms with Crippen molar-refractivity contribution in [2.24, 2.45) is 0 Å². The molecule has 0 bridgehead atoms. The summed E-state index contributed by atoms with van der Waals surface area (Å²) in [7, 11) is 0. The number of carbonyl (C=O) groups is 1. The maximum atomic E-state index is 11.1. The molecule has 1 fully saturated rings. The third-order valence-corrected chi connectivity index (χ3v) is 2.81. The van der Waals surface area contributed by atoms with Crippen LogP contribution in [0.15, 0.2) is 0 Å². The Hall–Kier alpha value is 0.110. The molecular weight excluding hydrogens is 196 g/mol. The van der Waals surface area contributed by atoms with Crippen LogP contribution in [0.2, 0.25) is 0 Å². The molecule has 1 saturated carbocycles. The van der Waals surface area contributed by atoms with E-state index in [0.717, 1.165) is 12.8 Å². The SMILES string of the molecule is C[C@]1(O)CCC[C@@H](Br)C1=O. The molecule has 1 aliphatic carbocycles. The zero-order valence-electron chi connectivity index (χ0n) is 5.93. The number of rotatable bonds is 0. The van der Waals surface area contributed by atoms with Crippen LogP contribution < -0.4 is 0 Å². The second kappa shape index (κ2) is 2.62. The third kappa shape index (κ3) is 1.40. The summed E-state index contributed by atoms with van der Waals surface area (Å²) in [5.74, 6) is -0.0706. The number of carbonyl (C=O) groups excluding carboxylic acids is 1. The normalized spacial score (nSPS) is 41.9. The van der Waals surface area contributed by atoms with E-state index in [0.29, 0.717) is 6.42 Å². The van der Waals surface area contributed by atoms with Gasteiger partial charge in [0.2, 0.25) is 0 Å². The van der Waals surface area contributed by atoms with Crippen LogP contribution in [0.3, 0.4) is 0 Å². The van der Waals surface area contributed by atoms with Crippen molar-refractivity contribution in [1.29, 1.82) is 0 Å². The van der Waals surface area contributed by atoms with E-state index in [-0.39, 0.29) is 10.6 Å². The average Bonchev–Trinajstić information content (AvgIpc) is 1.83. The number of hydrogen-bond donors (Lipinski definition) is 1.